The number of aromatic amines is 1. The number of carbonyl (C=O) groups excluding carboxylic acids is 2. The van der Waals surface area contributed by atoms with Crippen LogP contribution in [-0.4, -0.2) is 31.6 Å². The Morgan fingerprint density at radius 3 is 2.76 bits per heavy atom. The number of pyridine rings is 1. The first kappa shape index (κ1) is 19.0. The van der Waals surface area contributed by atoms with Crippen molar-refractivity contribution in [1.29, 1.82) is 0 Å². The predicted molar refractivity (Wildman–Crippen MR) is 109 cm³/mol. The molecule has 0 unspecified atom stereocenters. The molecule has 2 N–H and O–H groups in total. The van der Waals surface area contributed by atoms with E-state index in [9.17, 15) is 9.59 Å². The molecule has 29 heavy (non-hydrogen) atoms. The molecule has 0 saturated carbocycles. The Kier molecular flexibility index (Phi) is 4.96. The maximum absolute atomic E-state index is 13.0. The van der Waals surface area contributed by atoms with Gasteiger partial charge in [-0.3, -0.25) is 14.6 Å². The molecule has 1 atom stereocenters. The highest BCUT2D eigenvalue weighted by atomic mass is 16.2. The summed E-state index contributed by atoms with van der Waals surface area (Å²) < 4.78 is 0. The third kappa shape index (κ3) is 3.55. The monoisotopic (exact) mass is 389 g/mol. The Labute approximate surface area is 169 Å². The van der Waals surface area contributed by atoms with Gasteiger partial charge in [0.05, 0.1) is 17.3 Å². The normalized spacial score (nSPS) is 15.6. The maximum Gasteiger partial charge on any atom is 0.253 e. The van der Waals surface area contributed by atoms with E-state index in [1.54, 1.807) is 19.3 Å². The van der Waals surface area contributed by atoms with Gasteiger partial charge in [-0.2, -0.15) is 0 Å². The highest BCUT2D eigenvalue weighted by molar-refractivity contribution is 6.02. The summed E-state index contributed by atoms with van der Waals surface area (Å²) in [6, 6.07) is 3.64. The summed E-state index contributed by atoms with van der Waals surface area (Å²) in [5.74, 6) is 0.383. The van der Waals surface area contributed by atoms with Crippen LogP contribution in [0.15, 0.2) is 30.7 Å². The van der Waals surface area contributed by atoms with Crippen LogP contribution in [0.2, 0.25) is 0 Å². The zero-order valence-electron chi connectivity index (χ0n) is 16.7. The Morgan fingerprint density at radius 1 is 1.24 bits per heavy atom. The number of hydrogen-bond donors (Lipinski definition) is 2. The second-order valence-electron chi connectivity index (χ2n) is 7.44. The summed E-state index contributed by atoms with van der Waals surface area (Å²) in [7, 11) is 0. The van der Waals surface area contributed by atoms with Crippen LogP contribution in [0.5, 0.6) is 0 Å². The molecule has 0 bridgehead atoms. The summed E-state index contributed by atoms with van der Waals surface area (Å²) in [5, 5.41) is 3.12. The second-order valence-corrected chi connectivity index (χ2v) is 7.44. The van der Waals surface area contributed by atoms with E-state index in [-0.39, 0.29) is 17.7 Å². The summed E-state index contributed by atoms with van der Waals surface area (Å²) in [6.45, 7) is 5.11. The Bertz CT molecular complexity index is 1090. The quantitative estimate of drug-likeness (QED) is 0.665. The van der Waals surface area contributed by atoms with Gasteiger partial charge in [-0.05, 0) is 50.8 Å². The number of fused-ring (bicyclic) bond motifs is 1. The maximum atomic E-state index is 13.0. The van der Waals surface area contributed by atoms with Gasteiger partial charge in [0.25, 0.3) is 5.91 Å². The number of H-pyrrole nitrogens is 1. The smallest absolute Gasteiger partial charge is 0.253 e. The summed E-state index contributed by atoms with van der Waals surface area (Å²) in [6.07, 6.45) is 7.90. The lowest BCUT2D eigenvalue weighted by molar-refractivity contribution is 0.0931. The van der Waals surface area contributed by atoms with E-state index in [2.05, 4.69) is 20.3 Å². The molecule has 7 nitrogen and oxygen atoms in total. The third-order valence-corrected chi connectivity index (χ3v) is 5.42. The van der Waals surface area contributed by atoms with Gasteiger partial charge in [-0.1, -0.05) is 0 Å². The van der Waals surface area contributed by atoms with Gasteiger partial charge in [0.2, 0.25) is 0 Å². The molecular weight excluding hydrogens is 366 g/mol. The van der Waals surface area contributed by atoms with Crippen LogP contribution in [0.3, 0.4) is 0 Å². The van der Waals surface area contributed by atoms with Gasteiger partial charge >= 0.3 is 0 Å². The van der Waals surface area contributed by atoms with Crippen LogP contribution in [-0.2, 0) is 6.42 Å². The van der Waals surface area contributed by atoms with Crippen molar-refractivity contribution in [3.05, 3.63) is 64.5 Å². The van der Waals surface area contributed by atoms with E-state index in [4.69, 9.17) is 4.98 Å². The standard InChI is InChI=1S/C22H23N5O2/c1-12-19(13(2)25-20(12)14(3)28)22(29)27-18-8-4-7-17-16(18)11-24-21(26-17)15-6-5-9-23-10-15/h5-6,9-11,18,25H,4,7-8H2,1-3H3,(H,27,29)/t18-/m0/s1. The molecular formula is C22H23N5O2. The minimum atomic E-state index is -0.182. The fraction of sp³-hybridized carbons (Fsp3) is 0.318. The molecule has 3 aromatic heterocycles. The van der Waals surface area contributed by atoms with Crippen molar-refractivity contribution in [2.75, 3.05) is 0 Å². The zero-order chi connectivity index (χ0) is 20.5. The van der Waals surface area contributed by atoms with Crippen molar-refractivity contribution in [2.45, 2.75) is 46.1 Å². The summed E-state index contributed by atoms with van der Waals surface area (Å²) in [4.78, 5) is 41.2. The number of nitrogens with one attached hydrogen (secondary N) is 2. The van der Waals surface area contributed by atoms with Crippen LogP contribution < -0.4 is 5.32 Å². The lowest BCUT2D eigenvalue weighted by Gasteiger charge is -2.25. The number of hydrogen-bond acceptors (Lipinski definition) is 5. The molecule has 0 radical (unpaired) electrons. The first-order valence-electron chi connectivity index (χ1n) is 9.73. The lowest BCUT2D eigenvalue weighted by Crippen LogP contribution is -2.32. The number of aromatic nitrogens is 4. The van der Waals surface area contributed by atoms with E-state index in [0.29, 0.717) is 28.3 Å². The minimum absolute atomic E-state index is 0.0796. The highest BCUT2D eigenvalue weighted by Crippen LogP contribution is 2.30. The molecule has 3 aromatic rings. The molecule has 0 aromatic carbocycles. The number of rotatable bonds is 4. The van der Waals surface area contributed by atoms with Crippen molar-refractivity contribution >= 4 is 11.7 Å². The van der Waals surface area contributed by atoms with Gasteiger partial charge in [0, 0.05) is 48.0 Å². The average molecular weight is 389 g/mol. The Balaban J connectivity index is 1.61. The Morgan fingerprint density at radius 2 is 2.07 bits per heavy atom. The number of ketones is 1. The molecule has 7 heteroatoms. The minimum Gasteiger partial charge on any atom is -0.355 e. The number of nitrogens with zero attached hydrogens (tertiary/aromatic N) is 3. The third-order valence-electron chi connectivity index (χ3n) is 5.42. The first-order chi connectivity index (χ1) is 14.0. The summed E-state index contributed by atoms with van der Waals surface area (Å²) in [5.41, 5.74) is 5.20. The molecule has 148 valence electrons. The molecule has 0 fully saturated rings. The molecule has 0 spiro atoms. The highest BCUT2D eigenvalue weighted by Gasteiger charge is 2.27. The predicted octanol–water partition coefficient (Wildman–Crippen LogP) is 3.49. The van der Waals surface area contributed by atoms with Gasteiger partial charge in [0.1, 0.15) is 0 Å². The topological polar surface area (TPSA) is 101 Å². The van der Waals surface area contributed by atoms with Gasteiger partial charge in [-0.25, -0.2) is 9.97 Å². The van der Waals surface area contributed by atoms with Crippen molar-refractivity contribution < 1.29 is 9.59 Å². The molecule has 1 aliphatic rings. The van der Waals surface area contributed by atoms with E-state index in [0.717, 1.165) is 36.1 Å². The number of amides is 1. The number of carbonyl (C=O) groups is 2. The SMILES string of the molecule is CC(=O)c1[nH]c(C)c(C(=O)N[C@H]2CCCc3nc(-c4cccnc4)ncc32)c1C. The van der Waals surface area contributed by atoms with E-state index in [1.807, 2.05) is 25.3 Å². The molecule has 3 heterocycles. The fourth-order valence-corrected chi connectivity index (χ4v) is 4.00. The van der Waals surface area contributed by atoms with Crippen molar-refractivity contribution in [2.24, 2.45) is 0 Å². The van der Waals surface area contributed by atoms with Crippen LogP contribution in [0.4, 0.5) is 0 Å². The number of aryl methyl sites for hydroxylation is 2. The van der Waals surface area contributed by atoms with Gasteiger partial charge < -0.3 is 10.3 Å². The average Bonchev–Trinajstić information content (AvgIpc) is 3.03. The Hall–Kier alpha value is -3.35. The second kappa shape index (κ2) is 7.58. The van der Waals surface area contributed by atoms with Gasteiger partial charge in [0.15, 0.2) is 11.6 Å². The lowest BCUT2D eigenvalue weighted by atomic mass is 9.91. The molecule has 1 aliphatic carbocycles. The zero-order valence-corrected chi connectivity index (χ0v) is 16.7. The van der Waals surface area contributed by atoms with Crippen LogP contribution in [0.25, 0.3) is 11.4 Å². The van der Waals surface area contributed by atoms with E-state index < -0.39 is 0 Å². The van der Waals surface area contributed by atoms with Gasteiger partial charge in [-0.15, -0.1) is 0 Å². The largest absolute Gasteiger partial charge is 0.355 e. The molecule has 0 saturated heterocycles. The van der Waals surface area contributed by atoms with Crippen LogP contribution >= 0.6 is 0 Å². The fourth-order valence-electron chi connectivity index (χ4n) is 4.00. The van der Waals surface area contributed by atoms with Crippen LogP contribution in [0.1, 0.15) is 69.2 Å². The summed E-state index contributed by atoms with van der Waals surface area (Å²) >= 11 is 0. The van der Waals surface area contributed by atoms with Crippen molar-refractivity contribution in [3.8, 4) is 11.4 Å². The molecule has 4 rings (SSSR count). The first-order valence-corrected chi connectivity index (χ1v) is 9.73. The van der Waals surface area contributed by atoms with Crippen molar-refractivity contribution in [3.63, 3.8) is 0 Å². The van der Waals surface area contributed by atoms with E-state index in [1.165, 1.54) is 6.92 Å². The molecule has 0 aliphatic heterocycles. The number of Topliss-reactive ketones (excluding diaryl/α,β-unsaturated/α-hetero) is 1. The van der Waals surface area contributed by atoms with Crippen molar-refractivity contribution in [1.82, 2.24) is 25.3 Å². The van der Waals surface area contributed by atoms with E-state index >= 15 is 0 Å². The van der Waals surface area contributed by atoms with Crippen LogP contribution in [0, 0.1) is 13.8 Å². The molecule has 1 amide bonds.